The van der Waals surface area contributed by atoms with Crippen molar-refractivity contribution in [1.82, 2.24) is 10.3 Å². The van der Waals surface area contributed by atoms with Gasteiger partial charge in [0.05, 0.1) is 18.4 Å². The highest BCUT2D eigenvalue weighted by atomic mass is 19.4. The van der Waals surface area contributed by atoms with Gasteiger partial charge in [0, 0.05) is 48.7 Å². The van der Waals surface area contributed by atoms with Gasteiger partial charge in [-0.2, -0.15) is 13.2 Å². The topological polar surface area (TPSA) is 107 Å². The Kier molecular flexibility index (Phi) is 7.05. The van der Waals surface area contributed by atoms with Crippen LogP contribution in [0.2, 0.25) is 0 Å². The van der Waals surface area contributed by atoms with Crippen molar-refractivity contribution in [3.8, 4) is 0 Å². The smallest absolute Gasteiger partial charge is 0.423 e. The van der Waals surface area contributed by atoms with Gasteiger partial charge in [0.2, 0.25) is 0 Å². The maximum atomic E-state index is 15.1. The number of hydrogen-bond acceptors (Lipinski definition) is 7. The number of ether oxygens (including phenoxy) is 1. The molecular formula is C27H27BF6N4O4. The maximum Gasteiger partial charge on any atom is 0.488 e. The Morgan fingerprint density at radius 2 is 1.81 bits per heavy atom. The molecule has 4 aliphatic rings. The van der Waals surface area contributed by atoms with Crippen molar-refractivity contribution in [2.75, 3.05) is 18.0 Å². The predicted molar refractivity (Wildman–Crippen MR) is 139 cm³/mol. The summed E-state index contributed by atoms with van der Waals surface area (Å²) < 4.78 is 87.0. The normalized spacial score (nSPS) is 21.8. The molecule has 1 aromatic heterocycles. The number of carbonyl (C=O) groups excluding carboxylic acids is 1. The third-order valence-electron chi connectivity index (χ3n) is 8.35. The third kappa shape index (κ3) is 5.49. The van der Waals surface area contributed by atoms with E-state index in [0.717, 1.165) is 12.1 Å². The Hall–Kier alpha value is -3.17. The van der Waals surface area contributed by atoms with Crippen LogP contribution in [0.15, 0.2) is 29.3 Å². The van der Waals surface area contributed by atoms with Crippen molar-refractivity contribution in [3.05, 3.63) is 52.6 Å². The molecular weight excluding hydrogens is 569 g/mol. The van der Waals surface area contributed by atoms with Crippen molar-refractivity contribution in [1.29, 1.82) is 0 Å². The number of rotatable bonds is 7. The molecule has 8 nitrogen and oxygen atoms in total. The molecule has 0 bridgehead atoms. The van der Waals surface area contributed by atoms with Crippen molar-refractivity contribution in [3.63, 3.8) is 0 Å². The van der Waals surface area contributed by atoms with Gasteiger partial charge in [-0.1, -0.05) is 0 Å². The highest BCUT2D eigenvalue weighted by Gasteiger charge is 2.48. The molecule has 2 aliphatic heterocycles. The highest BCUT2D eigenvalue weighted by Crippen LogP contribution is 2.44. The van der Waals surface area contributed by atoms with Crippen LogP contribution < -0.4 is 15.7 Å². The minimum atomic E-state index is -4.60. The number of amidine groups is 1. The average Bonchev–Trinajstić information content (AvgIpc) is 3.71. The van der Waals surface area contributed by atoms with E-state index in [1.54, 1.807) is 4.90 Å². The first-order valence-electron chi connectivity index (χ1n) is 13.7. The first-order valence-corrected chi connectivity index (χ1v) is 13.7. The molecule has 15 heteroatoms. The maximum absolute atomic E-state index is 15.1. The summed E-state index contributed by atoms with van der Waals surface area (Å²) in [4.78, 5) is 23.4. The highest BCUT2D eigenvalue weighted by molar-refractivity contribution is 6.58. The minimum Gasteiger partial charge on any atom is -0.423 e. The van der Waals surface area contributed by atoms with E-state index in [1.165, 1.54) is 12.1 Å². The van der Waals surface area contributed by atoms with E-state index in [4.69, 9.17) is 4.74 Å². The standard InChI is InChI=1S/C27H27BF6N4O4/c29-19-9-15(28(40)41)10-20(18(19)13-42-16-11-26(30,31)12-16)38-7-5-25(6-8-38)24(39)36-23(37-25)17-3-4-21(27(32,33)34)35-22(17)14-1-2-14/h3-4,9-10,14,16,40-41H,1-2,5-8,11-13H2,(H,36,37,39). The summed E-state index contributed by atoms with van der Waals surface area (Å²) in [6.45, 7) is 0.0900. The second kappa shape index (κ2) is 10.2. The molecule has 1 saturated heterocycles. The Labute approximate surface area is 236 Å². The molecule has 1 spiro atoms. The van der Waals surface area contributed by atoms with Gasteiger partial charge < -0.3 is 25.0 Å². The summed E-state index contributed by atoms with van der Waals surface area (Å²) in [5, 5.41) is 22.1. The summed E-state index contributed by atoms with van der Waals surface area (Å²) in [7, 11) is -1.96. The van der Waals surface area contributed by atoms with Crippen LogP contribution >= 0.6 is 0 Å². The summed E-state index contributed by atoms with van der Waals surface area (Å²) in [6.07, 6.45) is -4.52. The first kappa shape index (κ1) is 28.9. The van der Waals surface area contributed by atoms with Gasteiger partial charge in [-0.25, -0.2) is 18.2 Å². The van der Waals surface area contributed by atoms with Gasteiger partial charge in [0.25, 0.3) is 11.8 Å². The fraction of sp³-hybridized carbons (Fsp3) is 0.519. The van der Waals surface area contributed by atoms with Crippen LogP contribution in [0.3, 0.4) is 0 Å². The summed E-state index contributed by atoms with van der Waals surface area (Å²) in [5.74, 6) is -3.98. The van der Waals surface area contributed by atoms with Gasteiger partial charge in [-0.15, -0.1) is 0 Å². The molecule has 1 aromatic carbocycles. The molecule has 2 saturated carbocycles. The largest absolute Gasteiger partial charge is 0.488 e. The molecule has 1 amide bonds. The van der Waals surface area contributed by atoms with Crippen LogP contribution in [0, 0.1) is 5.82 Å². The van der Waals surface area contributed by atoms with E-state index in [0.29, 0.717) is 18.4 Å². The quantitative estimate of drug-likeness (QED) is 0.335. The Morgan fingerprint density at radius 3 is 2.40 bits per heavy atom. The van der Waals surface area contributed by atoms with Gasteiger partial charge in [0.1, 0.15) is 22.9 Å². The fourth-order valence-corrected chi connectivity index (χ4v) is 5.74. The zero-order chi connectivity index (χ0) is 30.0. The van der Waals surface area contributed by atoms with Gasteiger partial charge in [-0.05, 0) is 55.4 Å². The zero-order valence-electron chi connectivity index (χ0n) is 22.2. The molecule has 224 valence electrons. The molecule has 2 aromatic rings. The number of amides is 1. The summed E-state index contributed by atoms with van der Waals surface area (Å²) in [6, 6.07) is 4.49. The molecule has 0 radical (unpaired) electrons. The molecule has 42 heavy (non-hydrogen) atoms. The average molecular weight is 596 g/mol. The van der Waals surface area contributed by atoms with Crippen LogP contribution in [0.25, 0.3) is 0 Å². The fourth-order valence-electron chi connectivity index (χ4n) is 5.74. The van der Waals surface area contributed by atoms with Gasteiger partial charge >= 0.3 is 13.3 Å². The van der Waals surface area contributed by atoms with Crippen LogP contribution in [0.4, 0.5) is 32.0 Å². The second-order valence-electron chi connectivity index (χ2n) is 11.4. The van der Waals surface area contributed by atoms with E-state index in [-0.39, 0.29) is 66.7 Å². The van der Waals surface area contributed by atoms with Crippen molar-refractivity contribution >= 4 is 30.0 Å². The number of anilines is 1. The number of pyridine rings is 1. The second-order valence-corrected chi connectivity index (χ2v) is 11.4. The lowest BCUT2D eigenvalue weighted by Gasteiger charge is -2.38. The first-order chi connectivity index (χ1) is 19.7. The van der Waals surface area contributed by atoms with E-state index in [2.05, 4.69) is 15.3 Å². The van der Waals surface area contributed by atoms with E-state index < -0.39 is 61.1 Å². The van der Waals surface area contributed by atoms with Crippen molar-refractivity contribution in [2.45, 2.75) is 74.8 Å². The number of nitrogens with one attached hydrogen (secondary N) is 1. The number of alkyl halides is 5. The van der Waals surface area contributed by atoms with E-state index >= 15 is 4.39 Å². The third-order valence-corrected chi connectivity index (χ3v) is 8.35. The lowest BCUT2D eigenvalue weighted by Crippen LogP contribution is -2.49. The number of aromatic nitrogens is 1. The van der Waals surface area contributed by atoms with E-state index in [9.17, 15) is 36.8 Å². The Bertz CT molecular complexity index is 1430. The van der Waals surface area contributed by atoms with Crippen LogP contribution in [0.5, 0.6) is 0 Å². The number of hydrogen-bond donors (Lipinski definition) is 3. The number of aliphatic imine (C=N–C) groups is 1. The predicted octanol–water partition coefficient (Wildman–Crippen LogP) is 3.03. The number of carbonyl (C=O) groups is 1. The Morgan fingerprint density at radius 1 is 1.12 bits per heavy atom. The molecule has 3 N–H and O–H groups in total. The van der Waals surface area contributed by atoms with Crippen LogP contribution in [-0.4, -0.2) is 64.5 Å². The van der Waals surface area contributed by atoms with Gasteiger partial charge in [-0.3, -0.25) is 9.79 Å². The SMILES string of the molecule is O=C1NC(c2ccc(C(F)(F)F)nc2C2CC2)=NC12CCN(c1cc(B(O)O)cc(F)c1COC1CC(F)(F)C1)CC2. The molecule has 3 fully saturated rings. The molecule has 3 heterocycles. The van der Waals surface area contributed by atoms with Crippen LogP contribution in [-0.2, 0) is 22.3 Å². The van der Waals surface area contributed by atoms with Crippen molar-refractivity contribution < 1.29 is 45.9 Å². The molecule has 0 atom stereocenters. The molecule has 6 rings (SSSR count). The summed E-state index contributed by atoms with van der Waals surface area (Å²) >= 11 is 0. The number of benzene rings is 1. The lowest BCUT2D eigenvalue weighted by atomic mass is 9.79. The number of halogens is 6. The van der Waals surface area contributed by atoms with Gasteiger partial charge in [0.15, 0.2) is 0 Å². The number of nitrogens with zero attached hydrogens (tertiary/aromatic N) is 3. The zero-order valence-corrected chi connectivity index (χ0v) is 22.2. The molecule has 2 aliphatic carbocycles. The van der Waals surface area contributed by atoms with E-state index in [1.807, 2.05) is 0 Å². The Balaban J connectivity index is 1.23. The van der Waals surface area contributed by atoms with Crippen molar-refractivity contribution in [2.24, 2.45) is 4.99 Å². The van der Waals surface area contributed by atoms with Crippen LogP contribution in [0.1, 0.15) is 67.0 Å². The summed E-state index contributed by atoms with van der Waals surface area (Å²) in [5.41, 5.74) is -1.36. The lowest BCUT2D eigenvalue weighted by molar-refractivity contribution is -0.169. The number of piperidine rings is 1. The monoisotopic (exact) mass is 596 g/mol. The minimum absolute atomic E-state index is 0.0653. The molecule has 0 unspecified atom stereocenters.